The monoisotopic (exact) mass is 406 g/mol. The largest absolute Gasteiger partial charge is 0.799 e. The van der Waals surface area contributed by atoms with E-state index in [2.05, 4.69) is 15.3 Å². The summed E-state index contributed by atoms with van der Waals surface area (Å²) in [5, 5.41) is 2.10. The molecule has 0 aliphatic rings. The lowest BCUT2D eigenvalue weighted by Crippen LogP contribution is -2.09. The van der Waals surface area contributed by atoms with Gasteiger partial charge in [-0.25, -0.2) is 9.97 Å². The van der Waals surface area contributed by atoms with E-state index in [1.807, 2.05) is 0 Å². The minimum Gasteiger partial charge on any atom is -0.799 e. The van der Waals surface area contributed by atoms with Crippen molar-refractivity contribution in [3.05, 3.63) is 46.7 Å². The zero-order valence-corrected chi connectivity index (χ0v) is 15.5. The number of aromatic nitrogens is 2. The fraction of sp³-hybridized carbons (Fsp3) is 0.375. The van der Waals surface area contributed by atoms with Crippen molar-refractivity contribution in [2.24, 2.45) is 0 Å². The molecular formula is C16H17ClF3N3O2P-. The van der Waals surface area contributed by atoms with Crippen molar-refractivity contribution in [1.82, 2.24) is 9.97 Å². The molecule has 0 aliphatic carbocycles. The van der Waals surface area contributed by atoms with E-state index in [0.29, 0.717) is 24.7 Å². The number of alkyl halides is 3. The lowest BCUT2D eigenvalue weighted by atomic mass is 10.1. The molecule has 26 heavy (non-hydrogen) atoms. The first-order chi connectivity index (χ1) is 12.1. The third kappa shape index (κ3) is 5.97. The molecule has 0 radical (unpaired) electrons. The highest BCUT2D eigenvalue weighted by molar-refractivity contribution is 7.56. The van der Waals surface area contributed by atoms with Crippen LogP contribution in [0.1, 0.15) is 24.5 Å². The van der Waals surface area contributed by atoms with Crippen molar-refractivity contribution in [2.45, 2.75) is 25.9 Å². The molecule has 0 amide bonds. The molecule has 142 valence electrons. The van der Waals surface area contributed by atoms with Gasteiger partial charge in [-0.1, -0.05) is 30.7 Å². The van der Waals surface area contributed by atoms with E-state index >= 15 is 0 Å². The fourth-order valence-electron chi connectivity index (χ4n) is 2.18. The molecule has 1 aromatic heterocycles. The maximum absolute atomic E-state index is 12.6. The predicted octanol–water partition coefficient (Wildman–Crippen LogP) is 4.48. The Bertz CT molecular complexity index is 800. The first-order valence-electron chi connectivity index (χ1n) is 7.85. The third-order valence-corrected chi connectivity index (χ3v) is 5.95. The molecule has 0 fully saturated rings. The van der Waals surface area contributed by atoms with Gasteiger partial charge in [-0.15, -0.1) is 0 Å². The Kier molecular flexibility index (Phi) is 6.66. The summed E-state index contributed by atoms with van der Waals surface area (Å²) in [6.45, 7) is 1.63. The SMILES string of the molecule is CCP(=O)([O-])CCCc1ccc(Nc2ncc(C(F)(F)F)c(Cl)n2)cc1. The minimum absolute atomic E-state index is 0.0500. The molecule has 1 atom stereocenters. The average molecular weight is 407 g/mol. The number of nitrogens with one attached hydrogen (secondary N) is 1. The Morgan fingerprint density at radius 3 is 2.46 bits per heavy atom. The van der Waals surface area contributed by atoms with E-state index in [4.69, 9.17) is 11.6 Å². The Morgan fingerprint density at radius 1 is 1.27 bits per heavy atom. The Hall–Kier alpha value is -1.63. The molecule has 1 aromatic carbocycles. The van der Waals surface area contributed by atoms with E-state index in [-0.39, 0.29) is 18.3 Å². The molecule has 0 saturated carbocycles. The minimum atomic E-state index is -4.61. The fourth-order valence-corrected chi connectivity index (χ4v) is 3.37. The molecule has 0 saturated heterocycles. The van der Waals surface area contributed by atoms with Gasteiger partial charge in [-0.2, -0.15) is 13.2 Å². The normalized spacial score (nSPS) is 14.1. The van der Waals surface area contributed by atoms with Crippen LogP contribution in [-0.4, -0.2) is 22.3 Å². The number of aryl methyl sites for hydroxylation is 1. The third-order valence-electron chi connectivity index (χ3n) is 3.70. The van der Waals surface area contributed by atoms with Gasteiger partial charge >= 0.3 is 6.18 Å². The molecule has 5 nitrogen and oxygen atoms in total. The number of hydrogen-bond donors (Lipinski definition) is 1. The van der Waals surface area contributed by atoms with Crippen LogP contribution in [0.4, 0.5) is 24.8 Å². The van der Waals surface area contributed by atoms with Crippen LogP contribution in [0.15, 0.2) is 30.5 Å². The highest BCUT2D eigenvalue weighted by Crippen LogP contribution is 2.35. The zero-order chi connectivity index (χ0) is 19.4. The van der Waals surface area contributed by atoms with Crippen LogP contribution >= 0.6 is 19.0 Å². The maximum Gasteiger partial charge on any atom is 0.420 e. The summed E-state index contributed by atoms with van der Waals surface area (Å²) >= 11 is 5.55. The summed E-state index contributed by atoms with van der Waals surface area (Å²) in [5.74, 6) is -0.0500. The van der Waals surface area contributed by atoms with Crippen molar-refractivity contribution in [2.75, 3.05) is 17.6 Å². The number of nitrogens with zero attached hydrogens (tertiary/aromatic N) is 2. The summed E-state index contributed by atoms with van der Waals surface area (Å²) in [5.41, 5.74) is 0.438. The molecule has 0 bridgehead atoms. The molecule has 1 heterocycles. The first kappa shape index (κ1) is 20.7. The van der Waals surface area contributed by atoms with Gasteiger partial charge in [0.15, 0.2) is 0 Å². The van der Waals surface area contributed by atoms with Crippen LogP contribution < -0.4 is 10.2 Å². The van der Waals surface area contributed by atoms with E-state index < -0.39 is 24.3 Å². The summed E-state index contributed by atoms with van der Waals surface area (Å²) in [7, 11) is -3.26. The molecule has 10 heteroatoms. The van der Waals surface area contributed by atoms with E-state index in [0.717, 1.165) is 5.56 Å². The number of benzene rings is 1. The van der Waals surface area contributed by atoms with Crippen LogP contribution in [-0.2, 0) is 17.2 Å². The first-order valence-corrected chi connectivity index (χ1v) is 10.2. The van der Waals surface area contributed by atoms with Gasteiger partial charge in [0.05, 0.1) is 0 Å². The van der Waals surface area contributed by atoms with Gasteiger partial charge in [-0.05, 0) is 42.9 Å². The number of hydrogen-bond acceptors (Lipinski definition) is 5. The Labute approximate surface area is 154 Å². The second-order valence-corrected chi connectivity index (χ2v) is 8.74. The second kappa shape index (κ2) is 8.37. The van der Waals surface area contributed by atoms with Crippen LogP contribution in [0, 0.1) is 0 Å². The van der Waals surface area contributed by atoms with E-state index in [9.17, 15) is 22.6 Å². The van der Waals surface area contributed by atoms with Crippen LogP contribution in [0.25, 0.3) is 0 Å². The van der Waals surface area contributed by atoms with Gasteiger partial charge in [0, 0.05) is 19.3 Å². The van der Waals surface area contributed by atoms with Crippen molar-refractivity contribution < 1.29 is 22.6 Å². The number of anilines is 2. The smallest absolute Gasteiger partial charge is 0.420 e. The van der Waals surface area contributed by atoms with E-state index in [1.54, 1.807) is 31.2 Å². The number of halogens is 4. The van der Waals surface area contributed by atoms with Crippen molar-refractivity contribution in [3.63, 3.8) is 0 Å². The van der Waals surface area contributed by atoms with Gasteiger partial charge in [0.2, 0.25) is 5.95 Å². The summed E-state index contributed by atoms with van der Waals surface area (Å²) in [6.07, 6.45) is -2.49. The highest BCUT2D eigenvalue weighted by Gasteiger charge is 2.34. The van der Waals surface area contributed by atoms with Crippen molar-refractivity contribution >= 4 is 30.6 Å². The Balaban J connectivity index is 1.97. The molecule has 2 rings (SSSR count). The van der Waals surface area contributed by atoms with Gasteiger partial charge < -0.3 is 14.8 Å². The second-order valence-electron chi connectivity index (χ2n) is 5.68. The lowest BCUT2D eigenvalue weighted by molar-refractivity contribution is -0.174. The number of rotatable bonds is 7. The topological polar surface area (TPSA) is 77.9 Å². The molecule has 1 N–H and O–H groups in total. The van der Waals surface area contributed by atoms with Crippen molar-refractivity contribution in [1.29, 1.82) is 0 Å². The van der Waals surface area contributed by atoms with Crippen LogP contribution in [0.3, 0.4) is 0 Å². The van der Waals surface area contributed by atoms with Gasteiger partial charge in [-0.3, -0.25) is 0 Å². The predicted molar refractivity (Wildman–Crippen MR) is 93.1 cm³/mol. The molecule has 1 unspecified atom stereocenters. The lowest BCUT2D eigenvalue weighted by Gasteiger charge is -2.20. The van der Waals surface area contributed by atoms with E-state index in [1.165, 1.54) is 0 Å². The average Bonchev–Trinajstić information content (AvgIpc) is 2.55. The van der Waals surface area contributed by atoms with Crippen LogP contribution in [0.2, 0.25) is 5.15 Å². The van der Waals surface area contributed by atoms with Crippen LogP contribution in [0.5, 0.6) is 0 Å². The quantitative estimate of drug-likeness (QED) is 0.541. The summed E-state index contributed by atoms with van der Waals surface area (Å²) in [6, 6.07) is 7.02. The molecule has 0 aliphatic heterocycles. The van der Waals surface area contributed by atoms with Gasteiger partial charge in [0.25, 0.3) is 0 Å². The standard InChI is InChI=1S/C16H18ClF3N3O2P/c1-2-26(24,25)9-3-4-11-5-7-12(8-6-11)22-15-21-10-13(14(17)23-15)16(18,19)20/h5-8,10H,2-4,9H2,1H3,(H,24,25)(H,21,22,23)/p-1. The zero-order valence-electron chi connectivity index (χ0n) is 13.9. The summed E-state index contributed by atoms with van der Waals surface area (Å²) < 4.78 is 49.4. The van der Waals surface area contributed by atoms with Gasteiger partial charge in [0.1, 0.15) is 10.7 Å². The highest BCUT2D eigenvalue weighted by atomic mass is 35.5. The molecular weight excluding hydrogens is 390 g/mol. The Morgan fingerprint density at radius 2 is 1.92 bits per heavy atom. The maximum atomic E-state index is 12.6. The summed E-state index contributed by atoms with van der Waals surface area (Å²) in [4.78, 5) is 18.7. The molecule has 0 spiro atoms. The molecule has 2 aromatic rings. The van der Waals surface area contributed by atoms with Crippen molar-refractivity contribution in [3.8, 4) is 0 Å².